The summed E-state index contributed by atoms with van der Waals surface area (Å²) in [4.78, 5) is 37.5. The number of benzene rings is 2. The first-order valence-electron chi connectivity index (χ1n) is 20.2. The van der Waals surface area contributed by atoms with E-state index in [-0.39, 0.29) is 0 Å². The van der Waals surface area contributed by atoms with Crippen LogP contribution in [0.1, 0.15) is 0 Å². The fraction of sp³-hybridized carbons (Fsp3) is 0. The van der Waals surface area contributed by atoms with Crippen LogP contribution in [0.3, 0.4) is 0 Å². The van der Waals surface area contributed by atoms with Gasteiger partial charge in [0.05, 0.1) is 11.4 Å². The van der Waals surface area contributed by atoms with Gasteiger partial charge in [-0.15, -0.1) is 0 Å². The Morgan fingerprint density at radius 1 is 0.238 bits per heavy atom. The van der Waals surface area contributed by atoms with Crippen LogP contribution in [0.5, 0.6) is 0 Å². The first kappa shape index (κ1) is 34.9. The van der Waals surface area contributed by atoms with E-state index in [1.54, 1.807) is 49.6 Å². The molecule has 11 nitrogen and oxygen atoms in total. The number of pyridine rings is 8. The molecule has 11 heteroatoms. The van der Waals surface area contributed by atoms with Crippen LogP contribution in [0.4, 0.5) is 0 Å². The smallest absolute Gasteiger partial charge is 0.146 e. The summed E-state index contributed by atoms with van der Waals surface area (Å²) in [5.74, 6) is 0. The largest absolute Gasteiger partial charge is 0.455 e. The average Bonchev–Trinajstić information content (AvgIpc) is 4.06. The molecule has 13 aromatic rings. The summed E-state index contributed by atoms with van der Waals surface area (Å²) in [6.07, 6.45) is 25.3. The third kappa shape index (κ3) is 5.33. The minimum atomic E-state index is 0.616. The molecular weight excluding hydrogens is 785 g/mol. The molecular formula is C52H28N8O3. The monoisotopic (exact) mass is 812 g/mol. The zero-order valence-corrected chi connectivity index (χ0v) is 33.0. The van der Waals surface area contributed by atoms with Crippen molar-refractivity contribution >= 4 is 65.8 Å². The summed E-state index contributed by atoms with van der Waals surface area (Å²) in [7, 11) is 0. The molecule has 0 atom stereocenters. The molecule has 2 aromatic carbocycles. The van der Waals surface area contributed by atoms with E-state index in [0.717, 1.165) is 99.3 Å². The lowest BCUT2D eigenvalue weighted by molar-refractivity contribution is 0.663. The highest BCUT2D eigenvalue weighted by atomic mass is 16.3. The Labute approximate surface area is 356 Å². The Bertz CT molecular complexity index is 3680. The van der Waals surface area contributed by atoms with Crippen molar-refractivity contribution in [1.82, 2.24) is 39.9 Å². The minimum absolute atomic E-state index is 0.616. The molecule has 0 spiro atoms. The number of furan rings is 3. The van der Waals surface area contributed by atoms with Crippen LogP contribution in [0.25, 0.3) is 133 Å². The van der Waals surface area contributed by atoms with Crippen LogP contribution >= 0.6 is 0 Å². The topological polar surface area (TPSA) is 143 Å². The normalized spacial score (nSPS) is 11.8. The Balaban J connectivity index is 0.980. The molecule has 11 heterocycles. The number of aromatic nitrogens is 8. The van der Waals surface area contributed by atoms with Crippen molar-refractivity contribution in [1.29, 1.82) is 0 Å². The van der Waals surface area contributed by atoms with Gasteiger partial charge in [0.2, 0.25) is 0 Å². The van der Waals surface area contributed by atoms with E-state index in [2.05, 4.69) is 44.2 Å². The molecule has 0 aliphatic rings. The Morgan fingerprint density at radius 3 is 0.762 bits per heavy atom. The molecule has 0 fully saturated rings. The molecule has 294 valence electrons. The number of nitrogens with zero attached hydrogens (tertiary/aromatic N) is 8. The molecule has 13 rings (SSSR count). The molecule has 0 unspecified atom stereocenters. The van der Waals surface area contributed by atoms with Gasteiger partial charge in [-0.1, -0.05) is 60.7 Å². The van der Waals surface area contributed by atoms with Crippen molar-refractivity contribution in [3.63, 3.8) is 0 Å². The molecule has 0 bridgehead atoms. The van der Waals surface area contributed by atoms with Gasteiger partial charge in [-0.05, 0) is 35.4 Å². The molecule has 63 heavy (non-hydrogen) atoms. The lowest BCUT2D eigenvalue weighted by atomic mass is 9.97. The van der Waals surface area contributed by atoms with E-state index in [1.165, 1.54) is 0 Å². The second-order valence-electron chi connectivity index (χ2n) is 15.2. The molecule has 0 aliphatic heterocycles. The second kappa shape index (κ2) is 13.8. The van der Waals surface area contributed by atoms with Crippen molar-refractivity contribution in [3.8, 4) is 67.0 Å². The van der Waals surface area contributed by atoms with Gasteiger partial charge in [-0.3, -0.25) is 39.9 Å². The van der Waals surface area contributed by atoms with Crippen molar-refractivity contribution in [2.45, 2.75) is 0 Å². The van der Waals surface area contributed by atoms with Crippen LogP contribution in [0, 0.1) is 0 Å². The molecule has 0 radical (unpaired) electrons. The number of hydrogen-bond donors (Lipinski definition) is 0. The van der Waals surface area contributed by atoms with Gasteiger partial charge < -0.3 is 13.3 Å². The van der Waals surface area contributed by atoms with Crippen molar-refractivity contribution in [3.05, 3.63) is 172 Å². The maximum absolute atomic E-state index is 6.93. The maximum atomic E-state index is 6.93. The van der Waals surface area contributed by atoms with E-state index in [4.69, 9.17) is 33.2 Å². The first-order valence-corrected chi connectivity index (χ1v) is 20.2. The number of fused-ring (bicyclic) bond motifs is 9. The van der Waals surface area contributed by atoms with Crippen LogP contribution in [0.2, 0.25) is 0 Å². The Kier molecular flexibility index (Phi) is 7.63. The summed E-state index contributed by atoms with van der Waals surface area (Å²) in [5.41, 5.74) is 14.1. The van der Waals surface area contributed by atoms with Crippen molar-refractivity contribution < 1.29 is 13.3 Å². The molecule has 11 aromatic heterocycles. The summed E-state index contributed by atoms with van der Waals surface area (Å²) >= 11 is 0. The van der Waals surface area contributed by atoms with Gasteiger partial charge in [-0.2, -0.15) is 0 Å². The van der Waals surface area contributed by atoms with Crippen LogP contribution in [0.15, 0.2) is 185 Å². The fourth-order valence-corrected chi connectivity index (χ4v) is 8.89. The summed E-state index contributed by atoms with van der Waals surface area (Å²) in [6.45, 7) is 0. The molecule has 0 saturated carbocycles. The summed E-state index contributed by atoms with van der Waals surface area (Å²) in [5, 5.41) is 4.91. The summed E-state index contributed by atoms with van der Waals surface area (Å²) < 4.78 is 20.7. The second-order valence-corrected chi connectivity index (χ2v) is 15.2. The third-order valence-corrected chi connectivity index (χ3v) is 11.8. The lowest BCUT2D eigenvalue weighted by Gasteiger charge is -2.09. The predicted molar refractivity (Wildman–Crippen MR) is 243 cm³/mol. The number of hydrogen-bond acceptors (Lipinski definition) is 11. The molecule has 0 aliphatic carbocycles. The molecule has 0 N–H and O–H groups in total. The first-order chi connectivity index (χ1) is 31.3. The molecule has 0 saturated heterocycles. The Morgan fingerprint density at radius 2 is 0.492 bits per heavy atom. The van der Waals surface area contributed by atoms with E-state index in [0.29, 0.717) is 33.5 Å². The SMILES string of the molecule is c1ccc(-c2ccccc2-c2cncc3c2oc2c(-c4cncc5c4oc4c(-c6cncc7c6oc6c(-c8ccccc8-c8ccccn8)cncc67)cncc45)cncc23)nc1. The van der Waals surface area contributed by atoms with Gasteiger partial charge >= 0.3 is 0 Å². The third-order valence-electron chi connectivity index (χ3n) is 11.8. The highest BCUT2D eigenvalue weighted by molar-refractivity contribution is 6.19. The summed E-state index contributed by atoms with van der Waals surface area (Å²) in [6, 6.07) is 28.1. The van der Waals surface area contributed by atoms with E-state index >= 15 is 0 Å². The molecule has 0 amide bonds. The van der Waals surface area contributed by atoms with Crippen LogP contribution in [-0.4, -0.2) is 39.9 Å². The predicted octanol–water partition coefficient (Wildman–Crippen LogP) is 12.5. The van der Waals surface area contributed by atoms with Crippen LogP contribution in [-0.2, 0) is 0 Å². The van der Waals surface area contributed by atoms with Crippen molar-refractivity contribution in [2.24, 2.45) is 0 Å². The van der Waals surface area contributed by atoms with E-state index in [9.17, 15) is 0 Å². The van der Waals surface area contributed by atoms with Gasteiger partial charge in [0.15, 0.2) is 0 Å². The van der Waals surface area contributed by atoms with Crippen LogP contribution < -0.4 is 0 Å². The number of rotatable bonds is 6. The highest BCUT2D eigenvalue weighted by Crippen LogP contribution is 2.46. The van der Waals surface area contributed by atoms with Gasteiger partial charge in [-0.25, -0.2) is 0 Å². The quantitative estimate of drug-likeness (QED) is 0.158. The van der Waals surface area contributed by atoms with Gasteiger partial charge in [0.25, 0.3) is 0 Å². The van der Waals surface area contributed by atoms with Gasteiger partial charge in [0.1, 0.15) is 33.5 Å². The highest BCUT2D eigenvalue weighted by Gasteiger charge is 2.25. The van der Waals surface area contributed by atoms with Gasteiger partial charge in [0, 0.05) is 164 Å². The average molecular weight is 813 g/mol. The van der Waals surface area contributed by atoms with E-state index < -0.39 is 0 Å². The zero-order chi connectivity index (χ0) is 41.4. The lowest BCUT2D eigenvalue weighted by Crippen LogP contribution is -1.88. The maximum Gasteiger partial charge on any atom is 0.146 e. The fourth-order valence-electron chi connectivity index (χ4n) is 8.89. The standard InChI is InChI=1S/C52H28N8O3/c1-3-11-31(45-13-5-7-15-59-45)29(9-1)33-17-53-19-35-37-21-55-23-39(49(37)61-47(33)35)41-25-57-27-43-44-28-58-26-42(52(44)63-51(41)43)40-24-56-22-38-36-20-54-18-34(48(36)62-50(38)40)30-10-2-4-12-32(30)46-14-6-8-16-60-46/h1-28H. The van der Waals surface area contributed by atoms with Crippen molar-refractivity contribution in [2.75, 3.05) is 0 Å². The van der Waals surface area contributed by atoms with E-state index in [1.807, 2.05) is 97.8 Å². The Hall–Kier alpha value is -8.96. The minimum Gasteiger partial charge on any atom is -0.455 e. The zero-order valence-electron chi connectivity index (χ0n) is 33.0.